The van der Waals surface area contributed by atoms with Crippen LogP contribution in [0.1, 0.15) is 11.1 Å². The number of halogens is 4. The molecule has 1 aliphatic heterocycles. The van der Waals surface area contributed by atoms with Crippen LogP contribution in [0, 0.1) is 0 Å². The smallest absolute Gasteiger partial charge is 0.406 e. The molecule has 0 spiro atoms. The molecular formula is C14H8ClF3N2O3. The molecule has 1 amide bonds. The van der Waals surface area contributed by atoms with Gasteiger partial charge in [0.25, 0.3) is 5.91 Å². The lowest BCUT2D eigenvalue weighted by atomic mass is 9.88. The molecule has 1 unspecified atom stereocenters. The molecule has 1 aromatic heterocycles. The number of benzene rings is 1. The van der Waals surface area contributed by atoms with Crippen molar-refractivity contribution in [3.05, 3.63) is 52.8 Å². The number of aromatic nitrogens is 1. The Morgan fingerprint density at radius 3 is 2.48 bits per heavy atom. The molecule has 120 valence electrons. The summed E-state index contributed by atoms with van der Waals surface area (Å²) in [5, 5.41) is 13.2. The first-order valence-electron chi connectivity index (χ1n) is 6.27. The maximum absolute atomic E-state index is 12.2. The molecule has 1 aromatic carbocycles. The molecule has 1 aliphatic rings. The molecule has 1 atom stereocenters. The van der Waals surface area contributed by atoms with Gasteiger partial charge in [-0.25, -0.2) is 4.98 Å². The Labute approximate surface area is 132 Å². The molecule has 0 saturated carbocycles. The number of alkyl halides is 3. The van der Waals surface area contributed by atoms with Gasteiger partial charge in [0.1, 0.15) is 5.75 Å². The van der Waals surface area contributed by atoms with E-state index in [1.165, 1.54) is 24.4 Å². The Hall–Kier alpha value is -2.32. The zero-order valence-corrected chi connectivity index (χ0v) is 11.9. The number of anilines is 1. The van der Waals surface area contributed by atoms with Gasteiger partial charge in [-0.2, -0.15) is 0 Å². The second kappa shape index (κ2) is 5.10. The van der Waals surface area contributed by atoms with Crippen molar-refractivity contribution in [1.82, 2.24) is 4.98 Å². The highest BCUT2D eigenvalue weighted by Gasteiger charge is 2.48. The van der Waals surface area contributed by atoms with Gasteiger partial charge in [0.15, 0.2) is 10.8 Å². The van der Waals surface area contributed by atoms with E-state index in [1.54, 1.807) is 0 Å². The van der Waals surface area contributed by atoms with Gasteiger partial charge in [0, 0.05) is 11.8 Å². The van der Waals surface area contributed by atoms with Crippen molar-refractivity contribution in [2.75, 3.05) is 5.32 Å². The van der Waals surface area contributed by atoms with Gasteiger partial charge in [-0.1, -0.05) is 23.7 Å². The molecule has 0 aliphatic carbocycles. The largest absolute Gasteiger partial charge is 0.573 e. The van der Waals surface area contributed by atoms with Gasteiger partial charge in [-0.05, 0) is 23.8 Å². The van der Waals surface area contributed by atoms with Gasteiger partial charge in [-0.15, -0.1) is 13.2 Å². The molecule has 2 heterocycles. The standard InChI is InChI=1S/C14H8ClF3N2O3/c15-11-10-9(5-6-19-11)13(22,12(21)20-10)7-1-3-8(4-2-7)23-14(16,17)18/h1-6,22H,(H,20,21). The molecule has 0 radical (unpaired) electrons. The Kier molecular flexibility index (Phi) is 3.46. The fourth-order valence-electron chi connectivity index (χ4n) is 2.37. The van der Waals surface area contributed by atoms with E-state index >= 15 is 0 Å². The zero-order valence-electron chi connectivity index (χ0n) is 11.2. The fourth-order valence-corrected chi connectivity index (χ4v) is 2.57. The molecule has 2 N–H and O–H groups in total. The SMILES string of the molecule is O=C1Nc2c(ccnc2Cl)C1(O)c1ccc(OC(F)(F)F)cc1. The van der Waals surface area contributed by atoms with Crippen LogP contribution >= 0.6 is 11.6 Å². The minimum absolute atomic E-state index is 0.00352. The lowest BCUT2D eigenvalue weighted by molar-refractivity contribution is -0.274. The van der Waals surface area contributed by atoms with E-state index in [2.05, 4.69) is 15.0 Å². The van der Waals surface area contributed by atoms with Crippen LogP contribution in [-0.2, 0) is 10.4 Å². The van der Waals surface area contributed by atoms with Crippen LogP contribution in [0.4, 0.5) is 18.9 Å². The average Bonchev–Trinajstić information content (AvgIpc) is 2.73. The van der Waals surface area contributed by atoms with Gasteiger partial charge in [-0.3, -0.25) is 4.79 Å². The Morgan fingerprint density at radius 1 is 1.22 bits per heavy atom. The average molecular weight is 345 g/mol. The molecule has 3 rings (SSSR count). The third-order valence-electron chi connectivity index (χ3n) is 3.37. The van der Waals surface area contributed by atoms with Gasteiger partial charge in [0.05, 0.1) is 5.69 Å². The van der Waals surface area contributed by atoms with Crippen molar-refractivity contribution >= 4 is 23.2 Å². The highest BCUT2D eigenvalue weighted by atomic mass is 35.5. The van der Waals surface area contributed by atoms with Crippen LogP contribution in [0.5, 0.6) is 5.75 Å². The third kappa shape index (κ3) is 2.60. The summed E-state index contributed by atoms with van der Waals surface area (Å²) in [6, 6.07) is 5.76. The van der Waals surface area contributed by atoms with Crippen LogP contribution in [0.15, 0.2) is 36.5 Å². The van der Waals surface area contributed by atoms with Gasteiger partial charge in [0.2, 0.25) is 0 Å². The van der Waals surface area contributed by atoms with E-state index in [-0.39, 0.29) is 22.0 Å². The predicted molar refractivity (Wildman–Crippen MR) is 74.0 cm³/mol. The van der Waals surface area contributed by atoms with Crippen molar-refractivity contribution in [2.45, 2.75) is 12.0 Å². The number of nitrogens with one attached hydrogen (secondary N) is 1. The van der Waals surface area contributed by atoms with Crippen LogP contribution < -0.4 is 10.1 Å². The van der Waals surface area contributed by atoms with Crippen LogP contribution in [0.3, 0.4) is 0 Å². The van der Waals surface area contributed by atoms with E-state index in [0.717, 1.165) is 12.1 Å². The Bertz CT molecular complexity index is 780. The first-order valence-corrected chi connectivity index (χ1v) is 6.65. The van der Waals surface area contributed by atoms with Crippen molar-refractivity contribution in [3.63, 3.8) is 0 Å². The van der Waals surface area contributed by atoms with Crippen LogP contribution in [0.25, 0.3) is 0 Å². The molecule has 0 bridgehead atoms. The molecular weight excluding hydrogens is 337 g/mol. The highest BCUT2D eigenvalue weighted by Crippen LogP contribution is 2.43. The summed E-state index contributed by atoms with van der Waals surface area (Å²) in [5.74, 6) is -1.23. The normalized spacial score (nSPS) is 20.1. The zero-order chi connectivity index (χ0) is 16.8. The summed E-state index contributed by atoms with van der Waals surface area (Å²) in [6.45, 7) is 0. The molecule has 0 fully saturated rings. The monoisotopic (exact) mass is 344 g/mol. The minimum atomic E-state index is -4.82. The number of carbonyl (C=O) groups excluding carboxylic acids is 1. The van der Waals surface area contributed by atoms with E-state index in [4.69, 9.17) is 11.6 Å². The van der Waals surface area contributed by atoms with Crippen LogP contribution in [0.2, 0.25) is 5.15 Å². The summed E-state index contributed by atoms with van der Waals surface area (Å²) in [7, 11) is 0. The number of hydrogen-bond acceptors (Lipinski definition) is 4. The number of aliphatic hydroxyl groups is 1. The lowest BCUT2D eigenvalue weighted by Crippen LogP contribution is -2.35. The number of carbonyl (C=O) groups is 1. The second-order valence-corrected chi connectivity index (χ2v) is 5.12. The third-order valence-corrected chi connectivity index (χ3v) is 3.65. The first kappa shape index (κ1) is 15.6. The van der Waals surface area contributed by atoms with Crippen LogP contribution in [-0.4, -0.2) is 22.4 Å². The predicted octanol–water partition coefficient (Wildman–Crippen LogP) is 2.82. The number of hydrogen-bond donors (Lipinski definition) is 2. The molecule has 5 nitrogen and oxygen atoms in total. The van der Waals surface area contributed by atoms with Crippen molar-refractivity contribution in [3.8, 4) is 5.75 Å². The number of amides is 1. The molecule has 2 aromatic rings. The number of pyridine rings is 1. The lowest BCUT2D eigenvalue weighted by Gasteiger charge is -2.21. The highest BCUT2D eigenvalue weighted by molar-refractivity contribution is 6.33. The quantitative estimate of drug-likeness (QED) is 0.822. The van der Waals surface area contributed by atoms with E-state index in [9.17, 15) is 23.1 Å². The Balaban J connectivity index is 2.02. The molecule has 23 heavy (non-hydrogen) atoms. The second-order valence-electron chi connectivity index (χ2n) is 4.76. The number of nitrogens with zero attached hydrogens (tertiary/aromatic N) is 1. The Morgan fingerprint density at radius 2 is 1.87 bits per heavy atom. The van der Waals surface area contributed by atoms with Crippen molar-refractivity contribution < 1.29 is 27.8 Å². The number of rotatable bonds is 2. The maximum atomic E-state index is 12.2. The van der Waals surface area contributed by atoms with Gasteiger partial charge >= 0.3 is 6.36 Å². The summed E-state index contributed by atoms with van der Waals surface area (Å²) >= 11 is 5.87. The molecule has 0 saturated heterocycles. The topological polar surface area (TPSA) is 71.5 Å². The van der Waals surface area contributed by atoms with E-state index in [0.29, 0.717) is 0 Å². The summed E-state index contributed by atoms with van der Waals surface area (Å²) in [6.07, 6.45) is -3.51. The summed E-state index contributed by atoms with van der Waals surface area (Å²) in [5.41, 5.74) is -1.66. The maximum Gasteiger partial charge on any atom is 0.573 e. The first-order chi connectivity index (χ1) is 10.7. The van der Waals surface area contributed by atoms with E-state index in [1.807, 2.05) is 0 Å². The van der Waals surface area contributed by atoms with Crippen molar-refractivity contribution in [2.24, 2.45) is 0 Å². The van der Waals surface area contributed by atoms with Crippen molar-refractivity contribution in [1.29, 1.82) is 0 Å². The fraction of sp³-hybridized carbons (Fsp3) is 0.143. The minimum Gasteiger partial charge on any atom is -0.406 e. The van der Waals surface area contributed by atoms with Gasteiger partial charge < -0.3 is 15.2 Å². The molecule has 9 heteroatoms. The van der Waals surface area contributed by atoms with E-state index < -0.39 is 23.6 Å². The number of fused-ring (bicyclic) bond motifs is 1. The summed E-state index contributed by atoms with van der Waals surface area (Å²) in [4.78, 5) is 16.0. The number of ether oxygens (including phenoxy) is 1. The summed E-state index contributed by atoms with van der Waals surface area (Å²) < 4.78 is 40.2.